The van der Waals surface area contributed by atoms with Crippen LogP contribution in [0.3, 0.4) is 0 Å². The fourth-order valence-electron chi connectivity index (χ4n) is 4.61. The molecule has 30 heavy (non-hydrogen) atoms. The Balaban J connectivity index is 1.29. The van der Waals surface area contributed by atoms with Crippen molar-refractivity contribution in [2.24, 2.45) is 5.41 Å². The van der Waals surface area contributed by atoms with Gasteiger partial charge in [0.15, 0.2) is 0 Å². The van der Waals surface area contributed by atoms with Crippen LogP contribution in [0.1, 0.15) is 43.2 Å². The quantitative estimate of drug-likeness (QED) is 0.620. The summed E-state index contributed by atoms with van der Waals surface area (Å²) in [5, 5.41) is 10.5. The Labute approximate surface area is 188 Å². The minimum absolute atomic E-state index is 0.0627. The van der Waals surface area contributed by atoms with Crippen molar-refractivity contribution in [1.29, 1.82) is 0 Å². The molecule has 2 aliphatic heterocycles. The molecule has 2 aromatic rings. The van der Waals surface area contributed by atoms with Gasteiger partial charge >= 0.3 is 5.97 Å². The number of benzene rings is 2. The summed E-state index contributed by atoms with van der Waals surface area (Å²) in [6.07, 6.45) is 2.16. The Kier molecular flexibility index (Phi) is 6.29. The van der Waals surface area contributed by atoms with Crippen molar-refractivity contribution >= 4 is 34.9 Å². The molecule has 1 N–H and O–H groups in total. The largest absolute Gasteiger partial charge is 0.481 e. The predicted molar refractivity (Wildman–Crippen MR) is 123 cm³/mol. The third-order valence-corrected chi connectivity index (χ3v) is 7.24. The molecule has 0 unspecified atom stereocenters. The Bertz CT molecular complexity index is 882. The zero-order valence-electron chi connectivity index (χ0n) is 17.3. The first-order chi connectivity index (χ1) is 14.3. The van der Waals surface area contributed by atoms with Gasteiger partial charge in [0.25, 0.3) is 0 Å². The number of anilines is 1. The molecule has 2 fully saturated rings. The molecule has 2 aromatic carbocycles. The minimum Gasteiger partial charge on any atom is -0.481 e. The van der Waals surface area contributed by atoms with E-state index in [1.807, 2.05) is 18.2 Å². The molecule has 0 aliphatic carbocycles. The molecule has 0 bridgehead atoms. The maximum absolute atomic E-state index is 11.1. The monoisotopic (exact) mass is 446 g/mol. The van der Waals surface area contributed by atoms with E-state index in [0.717, 1.165) is 51.3 Å². The summed E-state index contributed by atoms with van der Waals surface area (Å²) in [5.74, 6) is -0.189. The number of nitrogens with zero attached hydrogens (tertiary/aromatic N) is 2. The molecule has 4 rings (SSSR count). The highest BCUT2D eigenvalue weighted by Crippen LogP contribution is 2.40. The highest BCUT2D eigenvalue weighted by molar-refractivity contribution is 6.39. The molecule has 6 heteroatoms. The molecular weight excluding hydrogens is 419 g/mol. The van der Waals surface area contributed by atoms with Crippen LogP contribution in [0, 0.1) is 5.41 Å². The summed E-state index contributed by atoms with van der Waals surface area (Å²) in [5.41, 5.74) is 3.54. The summed E-state index contributed by atoms with van der Waals surface area (Å²) < 4.78 is 0. The number of piperidine rings is 1. The second-order valence-corrected chi connectivity index (χ2v) is 9.89. The number of hydrogen-bond acceptors (Lipinski definition) is 3. The van der Waals surface area contributed by atoms with Crippen LogP contribution in [0.15, 0.2) is 42.5 Å². The number of carbonyl (C=O) groups is 1. The summed E-state index contributed by atoms with van der Waals surface area (Å²) in [6.45, 7) is 6.80. The average Bonchev–Trinajstić information content (AvgIpc) is 2.65. The lowest BCUT2D eigenvalue weighted by Gasteiger charge is -2.42. The van der Waals surface area contributed by atoms with Gasteiger partial charge in [0.2, 0.25) is 0 Å². The van der Waals surface area contributed by atoms with Gasteiger partial charge in [0.1, 0.15) is 0 Å². The Morgan fingerprint density at radius 2 is 1.67 bits per heavy atom. The molecule has 2 aliphatic rings. The highest BCUT2D eigenvalue weighted by atomic mass is 35.5. The van der Waals surface area contributed by atoms with Crippen LogP contribution in [0.5, 0.6) is 0 Å². The van der Waals surface area contributed by atoms with Crippen LogP contribution in [-0.2, 0) is 11.3 Å². The first kappa shape index (κ1) is 21.5. The van der Waals surface area contributed by atoms with Gasteiger partial charge in [-0.3, -0.25) is 9.69 Å². The van der Waals surface area contributed by atoms with Gasteiger partial charge in [-0.25, -0.2) is 0 Å². The van der Waals surface area contributed by atoms with Gasteiger partial charge in [-0.15, -0.1) is 0 Å². The molecule has 0 amide bonds. The number of carboxylic acids is 1. The third kappa shape index (κ3) is 4.77. The van der Waals surface area contributed by atoms with Crippen molar-refractivity contribution in [2.75, 3.05) is 31.1 Å². The number of hydrogen-bond donors (Lipinski definition) is 1. The van der Waals surface area contributed by atoms with Gasteiger partial charge in [0.05, 0.1) is 22.2 Å². The summed E-state index contributed by atoms with van der Waals surface area (Å²) in [7, 11) is 0. The molecule has 0 spiro atoms. The molecule has 0 radical (unpaired) electrons. The van der Waals surface area contributed by atoms with Gasteiger partial charge in [-0.1, -0.05) is 60.5 Å². The SMILES string of the molecule is CC1(CC(=O)O)CCN(Cc2ccc(C3CN(c4c(Cl)cccc4Cl)C3)cc2)CC1. The summed E-state index contributed by atoms with van der Waals surface area (Å²) in [4.78, 5) is 15.7. The highest BCUT2D eigenvalue weighted by Gasteiger charge is 2.33. The molecule has 0 atom stereocenters. The summed E-state index contributed by atoms with van der Waals surface area (Å²) in [6, 6.07) is 14.6. The smallest absolute Gasteiger partial charge is 0.303 e. The maximum Gasteiger partial charge on any atom is 0.303 e. The molecule has 0 saturated carbocycles. The van der Waals surface area contributed by atoms with Crippen LogP contribution >= 0.6 is 23.2 Å². The molecule has 2 heterocycles. The van der Waals surface area contributed by atoms with Crippen molar-refractivity contribution in [2.45, 2.75) is 38.6 Å². The minimum atomic E-state index is -0.687. The van der Waals surface area contributed by atoms with E-state index in [1.165, 1.54) is 11.1 Å². The number of carboxylic acid groups (broad SMARTS) is 1. The van der Waals surface area contributed by atoms with Gasteiger partial charge in [-0.05, 0) is 54.6 Å². The third-order valence-electron chi connectivity index (χ3n) is 6.63. The summed E-state index contributed by atoms with van der Waals surface area (Å²) >= 11 is 12.7. The van der Waals surface area contributed by atoms with Crippen LogP contribution in [0.2, 0.25) is 10.0 Å². The van der Waals surface area contributed by atoms with E-state index < -0.39 is 5.97 Å². The molecule has 0 aromatic heterocycles. The molecule has 4 nitrogen and oxygen atoms in total. The van der Waals surface area contributed by atoms with Gasteiger partial charge in [0, 0.05) is 25.6 Å². The van der Waals surface area contributed by atoms with Crippen LogP contribution in [-0.4, -0.2) is 42.2 Å². The first-order valence-electron chi connectivity index (χ1n) is 10.5. The van der Waals surface area contributed by atoms with Crippen LogP contribution in [0.4, 0.5) is 5.69 Å². The van der Waals surface area contributed by atoms with Crippen molar-refractivity contribution < 1.29 is 9.90 Å². The second-order valence-electron chi connectivity index (χ2n) is 9.07. The van der Waals surface area contributed by atoms with E-state index in [0.29, 0.717) is 16.0 Å². The van der Waals surface area contributed by atoms with E-state index in [4.69, 9.17) is 28.3 Å². The van der Waals surface area contributed by atoms with E-state index in [2.05, 4.69) is 41.0 Å². The number of likely N-dealkylation sites (tertiary alicyclic amines) is 1. The molecule has 2 saturated heterocycles. The van der Waals surface area contributed by atoms with E-state index in [-0.39, 0.29) is 11.8 Å². The lowest BCUT2D eigenvalue weighted by atomic mass is 9.77. The zero-order valence-corrected chi connectivity index (χ0v) is 18.8. The maximum atomic E-state index is 11.1. The number of rotatable bonds is 6. The van der Waals surface area contributed by atoms with E-state index in [1.54, 1.807) is 0 Å². The fourth-order valence-corrected chi connectivity index (χ4v) is 5.25. The number of aliphatic carboxylic acids is 1. The first-order valence-corrected chi connectivity index (χ1v) is 11.3. The number of halogens is 2. The topological polar surface area (TPSA) is 43.8 Å². The lowest BCUT2D eigenvalue weighted by molar-refractivity contribution is -0.140. The number of para-hydroxylation sites is 1. The molecular formula is C24H28Cl2N2O2. The van der Waals surface area contributed by atoms with Crippen LogP contribution < -0.4 is 4.90 Å². The predicted octanol–water partition coefficient (Wildman–Crippen LogP) is 5.67. The zero-order chi connectivity index (χ0) is 21.3. The van der Waals surface area contributed by atoms with Crippen molar-refractivity contribution in [1.82, 2.24) is 4.90 Å². The Morgan fingerprint density at radius 1 is 1.07 bits per heavy atom. The standard InChI is InChI=1S/C24H28Cl2N2O2/c1-24(13-22(29)30)9-11-27(12-10-24)14-17-5-7-18(8-6-17)19-15-28(16-19)23-20(25)3-2-4-21(23)26/h2-8,19H,9-16H2,1H3,(H,29,30). The van der Waals surface area contributed by atoms with E-state index >= 15 is 0 Å². The second kappa shape index (κ2) is 8.78. The molecule has 160 valence electrons. The van der Waals surface area contributed by atoms with Crippen molar-refractivity contribution in [3.8, 4) is 0 Å². The van der Waals surface area contributed by atoms with Crippen LogP contribution in [0.25, 0.3) is 0 Å². The van der Waals surface area contributed by atoms with Gasteiger partial charge in [-0.2, -0.15) is 0 Å². The van der Waals surface area contributed by atoms with Crippen molar-refractivity contribution in [3.63, 3.8) is 0 Å². The Morgan fingerprint density at radius 3 is 2.23 bits per heavy atom. The Hall–Kier alpha value is -1.75. The normalized spacial score (nSPS) is 19.5. The van der Waals surface area contributed by atoms with Crippen molar-refractivity contribution in [3.05, 3.63) is 63.6 Å². The van der Waals surface area contributed by atoms with Gasteiger partial charge < -0.3 is 10.0 Å². The van der Waals surface area contributed by atoms with E-state index in [9.17, 15) is 4.79 Å². The average molecular weight is 447 g/mol. The lowest BCUT2D eigenvalue weighted by Crippen LogP contribution is -2.45. The fraction of sp³-hybridized carbons (Fsp3) is 0.458.